The second-order valence-corrected chi connectivity index (χ2v) is 9.61. The minimum Gasteiger partial charge on any atom is -0.454 e. The summed E-state index contributed by atoms with van der Waals surface area (Å²) in [5.74, 6) is -1.25. The van der Waals surface area contributed by atoms with Crippen LogP contribution in [0.15, 0.2) is 48.9 Å². The fourth-order valence-electron chi connectivity index (χ4n) is 5.69. The van der Waals surface area contributed by atoms with Crippen molar-refractivity contribution in [2.75, 3.05) is 20.1 Å². The van der Waals surface area contributed by atoms with Crippen LogP contribution in [0, 0.1) is 5.92 Å². The summed E-state index contributed by atoms with van der Waals surface area (Å²) in [6.45, 7) is 1.12. The molecule has 2 aliphatic rings. The zero-order chi connectivity index (χ0) is 23.5. The number of rotatable bonds is 7. The number of likely N-dealkylation sites (tertiary alicyclic amines) is 1. The minimum atomic E-state index is -1.67. The molecule has 8 heteroatoms. The summed E-state index contributed by atoms with van der Waals surface area (Å²) < 4.78 is 6.28. The van der Waals surface area contributed by atoms with Crippen molar-refractivity contribution in [3.8, 4) is 0 Å². The van der Waals surface area contributed by atoms with E-state index < -0.39 is 29.6 Å². The quantitative estimate of drug-likeness (QED) is 0.491. The molecule has 4 atom stereocenters. The first kappa shape index (κ1) is 23.3. The van der Waals surface area contributed by atoms with Gasteiger partial charge in [0.15, 0.2) is 11.7 Å². The third-order valence-electron chi connectivity index (χ3n) is 7.34. The van der Waals surface area contributed by atoms with E-state index in [-0.39, 0.29) is 10.4 Å². The summed E-state index contributed by atoms with van der Waals surface area (Å²) in [5.41, 5.74) is 5.25. The molecule has 4 rings (SSSR count). The molecule has 2 heterocycles. The van der Waals surface area contributed by atoms with Crippen molar-refractivity contribution in [2.24, 2.45) is 11.7 Å². The van der Waals surface area contributed by atoms with Gasteiger partial charge in [0, 0.05) is 18.5 Å². The van der Waals surface area contributed by atoms with E-state index in [4.69, 9.17) is 10.5 Å². The largest absolute Gasteiger partial charge is 0.454 e. The molecule has 0 spiro atoms. The number of likely N-dealkylation sites (N-methyl/N-ethyl adjacent to an activating group) is 1. The van der Waals surface area contributed by atoms with Crippen LogP contribution in [0.5, 0.6) is 0 Å². The third kappa shape index (κ3) is 4.63. The van der Waals surface area contributed by atoms with Crippen LogP contribution in [-0.4, -0.2) is 57.7 Å². The van der Waals surface area contributed by atoms with E-state index in [1.54, 1.807) is 24.4 Å². The molecule has 1 amide bonds. The second kappa shape index (κ2) is 9.57. The maximum Gasteiger partial charge on any atom is 0.343 e. The maximum absolute atomic E-state index is 13.5. The lowest BCUT2D eigenvalue weighted by Crippen LogP contribution is -2.59. The van der Waals surface area contributed by atoms with Crippen LogP contribution in [0.2, 0.25) is 0 Å². The first-order valence-electron chi connectivity index (χ1n) is 11.7. The molecular formula is C25H33N4O4+. The Morgan fingerprint density at radius 1 is 1.15 bits per heavy atom. The topological polar surface area (TPSA) is 115 Å². The predicted molar refractivity (Wildman–Crippen MR) is 121 cm³/mol. The Balaban J connectivity index is 1.56. The van der Waals surface area contributed by atoms with E-state index in [2.05, 4.69) is 9.97 Å². The van der Waals surface area contributed by atoms with Gasteiger partial charge in [0.1, 0.15) is 18.6 Å². The van der Waals surface area contributed by atoms with Gasteiger partial charge in [0.25, 0.3) is 5.91 Å². The fraction of sp³-hybridized carbons (Fsp3) is 0.520. The molecule has 33 heavy (non-hydrogen) atoms. The van der Waals surface area contributed by atoms with Crippen LogP contribution in [0.3, 0.4) is 0 Å². The average Bonchev–Trinajstić information content (AvgIpc) is 3.35. The summed E-state index contributed by atoms with van der Waals surface area (Å²) >= 11 is 0. The summed E-state index contributed by atoms with van der Waals surface area (Å²) in [6.07, 6.45) is 7.55. The molecule has 3 unspecified atom stereocenters. The highest BCUT2D eigenvalue weighted by Crippen LogP contribution is 2.42. The lowest BCUT2D eigenvalue weighted by molar-refractivity contribution is -0.937. The van der Waals surface area contributed by atoms with Crippen molar-refractivity contribution in [1.29, 1.82) is 0 Å². The number of carbonyl (C=O) groups excluding carboxylic acids is 2. The Morgan fingerprint density at radius 2 is 1.88 bits per heavy atom. The van der Waals surface area contributed by atoms with E-state index >= 15 is 0 Å². The van der Waals surface area contributed by atoms with Gasteiger partial charge in [0.05, 0.1) is 13.6 Å². The van der Waals surface area contributed by atoms with Gasteiger partial charge < -0.3 is 20.1 Å². The molecule has 8 nitrogen and oxygen atoms in total. The molecule has 1 aromatic carbocycles. The second-order valence-electron chi connectivity index (χ2n) is 9.61. The molecule has 2 aromatic rings. The molecule has 0 bridgehead atoms. The van der Waals surface area contributed by atoms with Gasteiger partial charge in [-0.25, -0.2) is 14.8 Å². The number of aromatic nitrogens is 2. The summed E-state index contributed by atoms with van der Waals surface area (Å²) in [6, 6.07) is 10.1. The van der Waals surface area contributed by atoms with E-state index in [0.29, 0.717) is 30.8 Å². The first-order chi connectivity index (χ1) is 15.8. The predicted octanol–water partition coefficient (Wildman–Crippen LogP) is 2.23. The Hall–Kier alpha value is -2.84. The van der Waals surface area contributed by atoms with Crippen molar-refractivity contribution < 1.29 is 23.9 Å². The van der Waals surface area contributed by atoms with Crippen LogP contribution >= 0.6 is 0 Å². The minimum absolute atomic E-state index is 0.170. The van der Waals surface area contributed by atoms with Crippen LogP contribution in [0.4, 0.5) is 0 Å². The standard InChI is InChI=1S/C25H32N4O4/c1-29(22(23(26)30)21-13-14-27-17-28-21)15-7-12-20(16-29)33-24(31)25(32,19-10-5-6-11-19)18-8-3-2-4-9-18/h2-4,8-9,13-14,17,19-20,22,32H,5-7,10-12,15-16H2,1H3,(H-,26,30)/p+1/t20-,22?,25?,29?/m1/s1. The summed E-state index contributed by atoms with van der Waals surface area (Å²) in [5, 5.41) is 11.7. The smallest absolute Gasteiger partial charge is 0.343 e. The van der Waals surface area contributed by atoms with Crippen LogP contribution in [-0.2, 0) is 19.9 Å². The van der Waals surface area contributed by atoms with Crippen molar-refractivity contribution in [2.45, 2.75) is 56.3 Å². The molecule has 2 fully saturated rings. The number of nitrogens with two attached hydrogens (primary N) is 1. The lowest BCUT2D eigenvalue weighted by Gasteiger charge is -2.45. The normalized spacial score (nSPS) is 26.3. The number of carbonyl (C=O) groups is 2. The zero-order valence-electron chi connectivity index (χ0n) is 19.1. The van der Waals surface area contributed by atoms with Gasteiger partial charge in [0.2, 0.25) is 6.04 Å². The van der Waals surface area contributed by atoms with Gasteiger partial charge in [-0.1, -0.05) is 43.2 Å². The Bertz CT molecular complexity index is 967. The van der Waals surface area contributed by atoms with Crippen molar-refractivity contribution in [3.63, 3.8) is 0 Å². The molecule has 1 saturated carbocycles. The summed E-state index contributed by atoms with van der Waals surface area (Å²) in [7, 11) is 1.94. The van der Waals surface area contributed by atoms with Crippen LogP contribution < -0.4 is 5.73 Å². The number of hydrogen-bond acceptors (Lipinski definition) is 6. The number of nitrogens with zero attached hydrogens (tertiary/aromatic N) is 3. The number of quaternary nitrogens is 1. The van der Waals surface area contributed by atoms with Gasteiger partial charge in [-0.3, -0.25) is 4.79 Å². The van der Waals surface area contributed by atoms with Crippen LogP contribution in [0.25, 0.3) is 0 Å². The van der Waals surface area contributed by atoms with Crippen molar-refractivity contribution in [3.05, 3.63) is 60.2 Å². The average molecular weight is 454 g/mol. The van der Waals surface area contributed by atoms with E-state index in [9.17, 15) is 14.7 Å². The number of esters is 1. The van der Waals surface area contributed by atoms with Crippen LogP contribution in [0.1, 0.15) is 55.8 Å². The molecule has 1 aliphatic carbocycles. The molecule has 1 aliphatic heterocycles. The van der Waals surface area contributed by atoms with Gasteiger partial charge in [-0.05, 0) is 30.9 Å². The number of benzene rings is 1. The zero-order valence-corrected chi connectivity index (χ0v) is 19.1. The molecule has 1 saturated heterocycles. The maximum atomic E-state index is 13.5. The third-order valence-corrected chi connectivity index (χ3v) is 7.34. The Morgan fingerprint density at radius 3 is 2.52 bits per heavy atom. The SMILES string of the molecule is C[N+]1(C(C(N)=O)c2ccncn2)CCC[C@@H](OC(=O)C(O)(c2ccccc2)C2CCCC2)C1. The monoisotopic (exact) mass is 453 g/mol. The van der Waals surface area contributed by atoms with Crippen molar-refractivity contribution >= 4 is 11.9 Å². The number of hydrogen-bond donors (Lipinski definition) is 2. The van der Waals surface area contributed by atoms with Gasteiger partial charge in [-0.15, -0.1) is 0 Å². The first-order valence-corrected chi connectivity index (χ1v) is 11.7. The fourth-order valence-corrected chi connectivity index (χ4v) is 5.69. The molecule has 1 aromatic heterocycles. The molecular weight excluding hydrogens is 420 g/mol. The number of amides is 1. The number of piperidine rings is 1. The van der Waals surface area contributed by atoms with E-state index in [1.807, 2.05) is 25.2 Å². The molecule has 0 radical (unpaired) electrons. The van der Waals surface area contributed by atoms with Crippen molar-refractivity contribution in [1.82, 2.24) is 9.97 Å². The Labute approximate surface area is 194 Å². The number of ether oxygens (including phenoxy) is 1. The Kier molecular flexibility index (Phi) is 6.76. The highest BCUT2D eigenvalue weighted by molar-refractivity contribution is 5.82. The van der Waals surface area contributed by atoms with Gasteiger partial charge in [-0.2, -0.15) is 0 Å². The highest BCUT2D eigenvalue weighted by atomic mass is 16.6. The lowest BCUT2D eigenvalue weighted by atomic mass is 9.80. The van der Waals surface area contributed by atoms with E-state index in [0.717, 1.165) is 32.1 Å². The number of aliphatic hydroxyl groups is 1. The highest BCUT2D eigenvalue weighted by Gasteiger charge is 2.50. The van der Waals surface area contributed by atoms with E-state index in [1.165, 1.54) is 6.33 Å². The number of primary amides is 1. The molecule has 176 valence electrons. The molecule has 3 N–H and O–H groups in total. The van der Waals surface area contributed by atoms with Gasteiger partial charge >= 0.3 is 5.97 Å². The summed E-state index contributed by atoms with van der Waals surface area (Å²) in [4.78, 5) is 34.2.